The molecule has 0 aliphatic carbocycles. The van der Waals surface area contributed by atoms with Crippen molar-refractivity contribution in [1.29, 1.82) is 0 Å². The van der Waals surface area contributed by atoms with Gasteiger partial charge in [0, 0.05) is 11.0 Å². The van der Waals surface area contributed by atoms with E-state index >= 15 is 0 Å². The number of halogens is 1. The number of nitrogens with one attached hydrogen (secondary N) is 1. The Hall–Kier alpha value is -0.540. The molecule has 0 spiro atoms. The zero-order valence-electron chi connectivity index (χ0n) is 10.3. The van der Waals surface area contributed by atoms with Gasteiger partial charge in [0.2, 0.25) is 0 Å². The molecule has 0 aromatic heterocycles. The minimum atomic E-state index is 0.334. The van der Waals surface area contributed by atoms with E-state index in [1.807, 2.05) is 0 Å². The van der Waals surface area contributed by atoms with E-state index in [2.05, 4.69) is 46.4 Å². The van der Waals surface area contributed by atoms with Crippen LogP contribution in [0, 0.1) is 0 Å². The Morgan fingerprint density at radius 2 is 2.35 bits per heavy atom. The maximum atomic E-state index is 6.11. The lowest BCUT2D eigenvalue weighted by Crippen LogP contribution is -2.37. The highest BCUT2D eigenvalue weighted by Crippen LogP contribution is 2.26. The first-order chi connectivity index (χ1) is 8.29. The normalized spacial score (nSPS) is 20.2. The molecule has 1 aliphatic rings. The standard InChI is InChI=1S/C14H20BrNO/c1-2-4-11-9-12(15)6-7-14(11)17-13-5-3-8-16-10-13/h6-7,9,13,16H,2-5,8,10H2,1H3/t13-/m0/s1. The van der Waals surface area contributed by atoms with Crippen molar-refractivity contribution in [1.82, 2.24) is 5.32 Å². The Morgan fingerprint density at radius 1 is 1.47 bits per heavy atom. The van der Waals surface area contributed by atoms with Crippen LogP contribution in [0.2, 0.25) is 0 Å². The predicted molar refractivity (Wildman–Crippen MR) is 74.7 cm³/mol. The number of rotatable bonds is 4. The van der Waals surface area contributed by atoms with Crippen molar-refractivity contribution in [2.75, 3.05) is 13.1 Å². The van der Waals surface area contributed by atoms with Crippen molar-refractivity contribution in [3.05, 3.63) is 28.2 Å². The van der Waals surface area contributed by atoms with Gasteiger partial charge in [0.05, 0.1) is 0 Å². The monoisotopic (exact) mass is 297 g/mol. The van der Waals surface area contributed by atoms with Crippen molar-refractivity contribution >= 4 is 15.9 Å². The molecule has 1 aromatic carbocycles. The van der Waals surface area contributed by atoms with Gasteiger partial charge in [-0.15, -0.1) is 0 Å². The van der Waals surface area contributed by atoms with E-state index in [0.717, 1.165) is 42.6 Å². The fourth-order valence-corrected chi connectivity index (χ4v) is 2.64. The van der Waals surface area contributed by atoms with E-state index in [-0.39, 0.29) is 0 Å². The summed E-state index contributed by atoms with van der Waals surface area (Å²) in [4.78, 5) is 0. The molecule has 2 nitrogen and oxygen atoms in total. The molecule has 1 fully saturated rings. The molecule has 1 heterocycles. The summed E-state index contributed by atoms with van der Waals surface area (Å²) in [5.41, 5.74) is 1.31. The van der Waals surface area contributed by atoms with Crippen LogP contribution in [0.4, 0.5) is 0 Å². The summed E-state index contributed by atoms with van der Waals surface area (Å²) in [5, 5.41) is 3.38. The Kier molecular flexibility index (Phi) is 4.86. The Balaban J connectivity index is 2.07. The van der Waals surface area contributed by atoms with Crippen molar-refractivity contribution < 1.29 is 4.74 Å². The van der Waals surface area contributed by atoms with Crippen LogP contribution in [-0.2, 0) is 6.42 Å². The third kappa shape index (κ3) is 3.71. The second-order valence-electron chi connectivity index (χ2n) is 4.59. The molecule has 1 atom stereocenters. The van der Waals surface area contributed by atoms with E-state index < -0.39 is 0 Å². The molecule has 0 saturated carbocycles. The lowest BCUT2D eigenvalue weighted by molar-refractivity contribution is 0.165. The maximum absolute atomic E-state index is 6.11. The van der Waals surface area contributed by atoms with Crippen molar-refractivity contribution in [3.63, 3.8) is 0 Å². The second kappa shape index (κ2) is 6.41. The summed E-state index contributed by atoms with van der Waals surface area (Å²) < 4.78 is 7.24. The first-order valence-electron chi connectivity index (χ1n) is 6.45. The fourth-order valence-electron chi connectivity index (χ4n) is 2.23. The molecular formula is C14H20BrNO. The summed E-state index contributed by atoms with van der Waals surface area (Å²) in [5.74, 6) is 1.06. The highest BCUT2D eigenvalue weighted by Gasteiger charge is 2.15. The second-order valence-corrected chi connectivity index (χ2v) is 5.50. The zero-order chi connectivity index (χ0) is 12.1. The number of ether oxygens (including phenoxy) is 1. The third-order valence-electron chi connectivity index (χ3n) is 3.09. The van der Waals surface area contributed by atoms with Crippen LogP contribution in [0.5, 0.6) is 5.75 Å². The number of benzene rings is 1. The van der Waals surface area contributed by atoms with Gasteiger partial charge in [-0.05, 0) is 49.6 Å². The molecule has 0 bridgehead atoms. The first-order valence-corrected chi connectivity index (χ1v) is 7.24. The van der Waals surface area contributed by atoms with E-state index in [1.165, 1.54) is 12.0 Å². The van der Waals surface area contributed by atoms with Gasteiger partial charge in [-0.3, -0.25) is 0 Å². The maximum Gasteiger partial charge on any atom is 0.123 e. The van der Waals surface area contributed by atoms with Crippen molar-refractivity contribution in [2.45, 2.75) is 38.7 Å². The van der Waals surface area contributed by atoms with Crippen LogP contribution in [0.1, 0.15) is 31.7 Å². The van der Waals surface area contributed by atoms with Crippen LogP contribution < -0.4 is 10.1 Å². The molecule has 0 radical (unpaired) electrons. The summed E-state index contributed by atoms with van der Waals surface area (Å²) in [6.07, 6.45) is 4.93. The Labute approximate surface area is 112 Å². The number of aryl methyl sites for hydroxylation is 1. The average molecular weight is 298 g/mol. The summed E-state index contributed by atoms with van der Waals surface area (Å²) in [6.45, 7) is 4.30. The van der Waals surface area contributed by atoms with Crippen molar-refractivity contribution in [2.24, 2.45) is 0 Å². The van der Waals surface area contributed by atoms with Crippen LogP contribution in [0.25, 0.3) is 0 Å². The van der Waals surface area contributed by atoms with E-state index in [9.17, 15) is 0 Å². The van der Waals surface area contributed by atoms with E-state index in [0.29, 0.717) is 6.10 Å². The highest BCUT2D eigenvalue weighted by atomic mass is 79.9. The average Bonchev–Trinajstić information content (AvgIpc) is 2.34. The quantitative estimate of drug-likeness (QED) is 0.918. The molecule has 1 aromatic rings. The smallest absolute Gasteiger partial charge is 0.123 e. The molecule has 1 saturated heterocycles. The molecule has 1 aliphatic heterocycles. The number of hydrogen-bond donors (Lipinski definition) is 1. The highest BCUT2D eigenvalue weighted by molar-refractivity contribution is 9.10. The molecule has 2 rings (SSSR count). The SMILES string of the molecule is CCCc1cc(Br)ccc1O[C@H]1CCCNC1. The predicted octanol–water partition coefficient (Wildman–Crippen LogP) is 3.53. The molecule has 0 unspecified atom stereocenters. The Morgan fingerprint density at radius 3 is 3.06 bits per heavy atom. The van der Waals surface area contributed by atoms with Crippen molar-refractivity contribution in [3.8, 4) is 5.75 Å². The molecule has 0 amide bonds. The van der Waals surface area contributed by atoms with Gasteiger partial charge in [-0.25, -0.2) is 0 Å². The lowest BCUT2D eigenvalue weighted by atomic mass is 10.1. The zero-order valence-corrected chi connectivity index (χ0v) is 11.9. The lowest BCUT2D eigenvalue weighted by Gasteiger charge is -2.25. The third-order valence-corrected chi connectivity index (χ3v) is 3.58. The molecule has 3 heteroatoms. The summed E-state index contributed by atoms with van der Waals surface area (Å²) in [7, 11) is 0. The van der Waals surface area contributed by atoms with Crippen LogP contribution in [-0.4, -0.2) is 19.2 Å². The van der Waals surface area contributed by atoms with Crippen LogP contribution >= 0.6 is 15.9 Å². The van der Waals surface area contributed by atoms with Gasteiger partial charge >= 0.3 is 0 Å². The van der Waals surface area contributed by atoms with E-state index in [1.54, 1.807) is 0 Å². The van der Waals surface area contributed by atoms with Crippen LogP contribution in [0.15, 0.2) is 22.7 Å². The minimum Gasteiger partial charge on any atom is -0.489 e. The minimum absolute atomic E-state index is 0.334. The Bertz CT molecular complexity index is 361. The van der Waals surface area contributed by atoms with Gasteiger partial charge in [-0.2, -0.15) is 0 Å². The van der Waals surface area contributed by atoms with E-state index in [4.69, 9.17) is 4.74 Å². The molecule has 17 heavy (non-hydrogen) atoms. The largest absolute Gasteiger partial charge is 0.489 e. The summed E-state index contributed by atoms with van der Waals surface area (Å²) >= 11 is 3.52. The van der Waals surface area contributed by atoms with Gasteiger partial charge in [0.25, 0.3) is 0 Å². The van der Waals surface area contributed by atoms with Gasteiger partial charge in [0.1, 0.15) is 11.9 Å². The van der Waals surface area contributed by atoms with Gasteiger partial charge in [0.15, 0.2) is 0 Å². The molecule has 94 valence electrons. The number of piperidine rings is 1. The van der Waals surface area contributed by atoms with Gasteiger partial charge < -0.3 is 10.1 Å². The van der Waals surface area contributed by atoms with Gasteiger partial charge in [-0.1, -0.05) is 29.3 Å². The molecular weight excluding hydrogens is 278 g/mol. The molecule has 1 N–H and O–H groups in total. The number of hydrogen-bond acceptors (Lipinski definition) is 2. The fraction of sp³-hybridized carbons (Fsp3) is 0.571. The topological polar surface area (TPSA) is 21.3 Å². The van der Waals surface area contributed by atoms with Crippen LogP contribution in [0.3, 0.4) is 0 Å². The first kappa shape index (κ1) is 12.9. The summed E-state index contributed by atoms with van der Waals surface area (Å²) in [6, 6.07) is 6.32.